The Bertz CT molecular complexity index is 600. The van der Waals surface area contributed by atoms with Gasteiger partial charge in [0.2, 0.25) is 0 Å². The Morgan fingerprint density at radius 3 is 2.48 bits per heavy atom. The van der Waals surface area contributed by atoms with Crippen molar-refractivity contribution >= 4 is 0 Å². The van der Waals surface area contributed by atoms with Crippen LogP contribution >= 0.6 is 0 Å². The second-order valence-corrected chi connectivity index (χ2v) is 5.87. The maximum Gasteiger partial charge on any atom is 0.141 e. The quantitative estimate of drug-likeness (QED) is 0.853. The Morgan fingerprint density at radius 2 is 1.90 bits per heavy atom. The highest BCUT2D eigenvalue weighted by Crippen LogP contribution is 2.41. The number of piperidine rings is 1. The van der Waals surface area contributed by atoms with Crippen LogP contribution in [-0.4, -0.2) is 42.4 Å². The molecule has 0 amide bonds. The van der Waals surface area contributed by atoms with E-state index in [0.29, 0.717) is 13.2 Å². The van der Waals surface area contributed by atoms with Crippen LogP contribution in [0.15, 0.2) is 12.1 Å². The maximum atomic E-state index is 14.2. The predicted molar refractivity (Wildman–Crippen MR) is 70.4 cm³/mol. The molecule has 1 N–H and O–H groups in total. The smallest absolute Gasteiger partial charge is 0.141 e. The Labute approximate surface area is 121 Å². The van der Waals surface area contributed by atoms with Gasteiger partial charge in [-0.2, -0.15) is 5.26 Å². The molecule has 3 rings (SSSR count). The molecule has 0 radical (unpaired) electrons. The zero-order valence-electron chi connectivity index (χ0n) is 11.6. The van der Waals surface area contributed by atoms with Gasteiger partial charge < -0.3 is 9.84 Å². The molecule has 2 heterocycles. The molecule has 0 aliphatic carbocycles. The van der Waals surface area contributed by atoms with Gasteiger partial charge in [-0.1, -0.05) is 0 Å². The third kappa shape index (κ3) is 2.31. The number of benzene rings is 1. The van der Waals surface area contributed by atoms with Crippen molar-refractivity contribution in [2.45, 2.75) is 30.5 Å². The van der Waals surface area contributed by atoms with Crippen molar-refractivity contribution < 1.29 is 18.6 Å². The van der Waals surface area contributed by atoms with Gasteiger partial charge in [0.15, 0.2) is 0 Å². The van der Waals surface area contributed by atoms with E-state index in [1.807, 2.05) is 7.05 Å². The van der Waals surface area contributed by atoms with Crippen molar-refractivity contribution in [3.8, 4) is 6.07 Å². The molecule has 0 aromatic heterocycles. The number of hydrogen-bond acceptors (Lipinski definition) is 4. The lowest BCUT2D eigenvalue weighted by atomic mass is 9.76. The van der Waals surface area contributed by atoms with E-state index in [-0.39, 0.29) is 36.1 Å². The van der Waals surface area contributed by atoms with Crippen LogP contribution < -0.4 is 0 Å². The summed E-state index contributed by atoms with van der Waals surface area (Å²) < 4.78 is 33.4. The molecule has 2 fully saturated rings. The standard InChI is InChI=1S/C15H16F2N2O2/c1-19-10-4-15(20,5-11(19)8-21-7-10)12-3-13(16)9(6-18)2-14(12)17/h2-3,10-11,20H,4-5,7-8H2,1H3. The van der Waals surface area contributed by atoms with Crippen LogP contribution in [-0.2, 0) is 10.3 Å². The molecule has 21 heavy (non-hydrogen) atoms. The lowest BCUT2D eigenvalue weighted by Gasteiger charge is -2.50. The minimum absolute atomic E-state index is 0.0272. The van der Waals surface area contributed by atoms with E-state index in [2.05, 4.69) is 4.90 Å². The fraction of sp³-hybridized carbons (Fsp3) is 0.533. The summed E-state index contributed by atoms with van der Waals surface area (Å²) in [4.78, 5) is 2.12. The van der Waals surface area contributed by atoms with E-state index in [9.17, 15) is 13.9 Å². The molecule has 1 aromatic rings. The average Bonchev–Trinajstić information content (AvgIpc) is 2.43. The number of halogens is 2. The summed E-state index contributed by atoms with van der Waals surface area (Å²) in [5.41, 5.74) is -1.84. The summed E-state index contributed by atoms with van der Waals surface area (Å²) in [5, 5.41) is 19.6. The SMILES string of the molecule is CN1C2COCC1CC(O)(c1cc(F)c(C#N)cc1F)C2. The molecule has 2 aliphatic heterocycles. The fourth-order valence-corrected chi connectivity index (χ4v) is 3.35. The van der Waals surface area contributed by atoms with Gasteiger partial charge in [-0.3, -0.25) is 4.90 Å². The Morgan fingerprint density at radius 1 is 1.29 bits per heavy atom. The molecular formula is C15H16F2N2O2. The van der Waals surface area contributed by atoms with Gasteiger partial charge in [0.25, 0.3) is 0 Å². The van der Waals surface area contributed by atoms with Crippen molar-refractivity contribution in [1.82, 2.24) is 4.90 Å². The first-order chi connectivity index (χ1) is 9.94. The minimum atomic E-state index is -1.43. The van der Waals surface area contributed by atoms with E-state index < -0.39 is 17.2 Å². The number of ether oxygens (including phenoxy) is 1. The zero-order chi connectivity index (χ0) is 15.2. The normalized spacial score (nSPS) is 32.7. The zero-order valence-corrected chi connectivity index (χ0v) is 11.6. The number of morpholine rings is 1. The molecule has 2 aliphatic rings. The van der Waals surface area contributed by atoms with Crippen molar-refractivity contribution in [1.29, 1.82) is 5.26 Å². The summed E-state index contributed by atoms with van der Waals surface area (Å²) in [7, 11) is 1.95. The summed E-state index contributed by atoms with van der Waals surface area (Å²) in [6.07, 6.45) is 0.560. The molecule has 2 unspecified atom stereocenters. The van der Waals surface area contributed by atoms with Crippen LogP contribution in [0, 0.1) is 23.0 Å². The summed E-state index contributed by atoms with van der Waals surface area (Å²) in [6.45, 7) is 0.936. The van der Waals surface area contributed by atoms with Crippen molar-refractivity contribution in [3.63, 3.8) is 0 Å². The highest BCUT2D eigenvalue weighted by atomic mass is 19.1. The van der Waals surface area contributed by atoms with Crippen LogP contribution in [0.25, 0.3) is 0 Å². The number of nitriles is 1. The van der Waals surface area contributed by atoms with Crippen molar-refractivity contribution in [2.24, 2.45) is 0 Å². The lowest BCUT2D eigenvalue weighted by Crippen LogP contribution is -2.59. The van der Waals surface area contributed by atoms with E-state index in [1.54, 1.807) is 6.07 Å². The lowest BCUT2D eigenvalue weighted by molar-refractivity contribution is -0.138. The van der Waals surface area contributed by atoms with Gasteiger partial charge in [0, 0.05) is 17.6 Å². The van der Waals surface area contributed by atoms with E-state index in [1.165, 1.54) is 0 Å². The highest BCUT2D eigenvalue weighted by molar-refractivity contribution is 5.37. The molecule has 2 atom stereocenters. The first-order valence-electron chi connectivity index (χ1n) is 6.86. The first-order valence-corrected chi connectivity index (χ1v) is 6.86. The Balaban J connectivity index is 2.00. The molecule has 6 heteroatoms. The summed E-state index contributed by atoms with van der Waals surface area (Å²) >= 11 is 0. The number of rotatable bonds is 1. The van der Waals surface area contributed by atoms with Crippen LogP contribution in [0.4, 0.5) is 8.78 Å². The molecule has 112 valence electrons. The van der Waals surface area contributed by atoms with Crippen LogP contribution in [0.3, 0.4) is 0 Å². The Hall–Kier alpha value is -1.55. The van der Waals surface area contributed by atoms with Crippen molar-refractivity contribution in [2.75, 3.05) is 20.3 Å². The maximum absolute atomic E-state index is 14.2. The molecule has 0 saturated carbocycles. The molecule has 4 nitrogen and oxygen atoms in total. The van der Waals surface area contributed by atoms with E-state index in [4.69, 9.17) is 10.00 Å². The summed E-state index contributed by atoms with van der Waals surface area (Å²) in [6, 6.07) is 3.35. The average molecular weight is 294 g/mol. The van der Waals surface area contributed by atoms with Crippen LogP contribution in [0.2, 0.25) is 0 Å². The second kappa shape index (κ2) is 5.02. The molecule has 2 bridgehead atoms. The number of fused-ring (bicyclic) bond motifs is 2. The molecule has 1 aromatic carbocycles. The monoisotopic (exact) mass is 294 g/mol. The van der Waals surface area contributed by atoms with Gasteiger partial charge in [0.1, 0.15) is 17.7 Å². The van der Waals surface area contributed by atoms with Crippen molar-refractivity contribution in [3.05, 3.63) is 34.9 Å². The third-order valence-electron chi connectivity index (χ3n) is 4.60. The van der Waals surface area contributed by atoms with E-state index >= 15 is 0 Å². The number of hydrogen-bond donors (Lipinski definition) is 1. The van der Waals surface area contributed by atoms with Gasteiger partial charge in [-0.05, 0) is 32.0 Å². The fourth-order valence-electron chi connectivity index (χ4n) is 3.35. The number of likely N-dealkylation sites (N-methyl/N-ethyl adjacent to an activating group) is 1. The highest BCUT2D eigenvalue weighted by Gasteiger charge is 2.46. The van der Waals surface area contributed by atoms with Crippen LogP contribution in [0.1, 0.15) is 24.0 Å². The molecular weight excluding hydrogens is 278 g/mol. The molecule has 2 saturated heterocycles. The molecule has 0 spiro atoms. The topological polar surface area (TPSA) is 56.5 Å². The second-order valence-electron chi connectivity index (χ2n) is 5.87. The minimum Gasteiger partial charge on any atom is -0.385 e. The largest absolute Gasteiger partial charge is 0.385 e. The Kier molecular flexibility index (Phi) is 3.44. The number of aliphatic hydroxyl groups is 1. The van der Waals surface area contributed by atoms with Gasteiger partial charge >= 0.3 is 0 Å². The van der Waals surface area contributed by atoms with Gasteiger partial charge in [-0.25, -0.2) is 8.78 Å². The number of nitrogens with zero attached hydrogens (tertiary/aromatic N) is 2. The first kappa shape index (κ1) is 14.4. The van der Waals surface area contributed by atoms with Gasteiger partial charge in [0.05, 0.1) is 24.4 Å². The third-order valence-corrected chi connectivity index (χ3v) is 4.60. The predicted octanol–water partition coefficient (Wildman–Crippen LogP) is 1.52. The van der Waals surface area contributed by atoms with Gasteiger partial charge in [-0.15, -0.1) is 0 Å². The van der Waals surface area contributed by atoms with Crippen LogP contribution in [0.5, 0.6) is 0 Å². The van der Waals surface area contributed by atoms with E-state index in [0.717, 1.165) is 12.1 Å². The summed E-state index contributed by atoms with van der Waals surface area (Å²) in [5.74, 6) is -1.54.